The monoisotopic (exact) mass is 599 g/mol. The molecule has 0 saturated carbocycles. The lowest BCUT2D eigenvalue weighted by atomic mass is 10.1. The molecule has 0 aliphatic heterocycles. The number of halogens is 1. The lowest BCUT2D eigenvalue weighted by Gasteiger charge is -2.33. The van der Waals surface area contributed by atoms with Gasteiger partial charge in [0, 0.05) is 17.6 Å². The van der Waals surface area contributed by atoms with Crippen molar-refractivity contribution in [2.45, 2.75) is 51.6 Å². The second-order valence-corrected chi connectivity index (χ2v) is 11.9. The molecule has 0 heterocycles. The Labute approximate surface area is 234 Å². The molecule has 202 valence electrons. The van der Waals surface area contributed by atoms with Crippen LogP contribution in [0.2, 0.25) is 0 Å². The average molecular weight is 601 g/mol. The Morgan fingerprint density at radius 3 is 2.16 bits per heavy atom. The standard InChI is InChI=1S/C29H34BrN3O4S/c1-5-27(29(35)31-6-2)32(19-23-9-7-8-22(4)18-23)28(34)20-33(25-14-12-24(30)13-15-25)38(36,37)26-16-10-21(3)11-17-26/h7-18,27H,5-6,19-20H2,1-4H3,(H,31,35). The van der Waals surface area contributed by atoms with Crippen molar-refractivity contribution in [3.63, 3.8) is 0 Å². The Morgan fingerprint density at radius 2 is 1.58 bits per heavy atom. The molecule has 0 bridgehead atoms. The van der Waals surface area contributed by atoms with Gasteiger partial charge in [-0.05, 0) is 69.2 Å². The van der Waals surface area contributed by atoms with Gasteiger partial charge >= 0.3 is 0 Å². The average Bonchev–Trinajstić information content (AvgIpc) is 2.88. The molecule has 0 spiro atoms. The van der Waals surface area contributed by atoms with Crippen LogP contribution in [0.3, 0.4) is 0 Å². The predicted octanol–water partition coefficient (Wildman–Crippen LogP) is 5.20. The van der Waals surface area contributed by atoms with Gasteiger partial charge in [0.15, 0.2) is 0 Å². The molecule has 38 heavy (non-hydrogen) atoms. The molecule has 1 N–H and O–H groups in total. The summed E-state index contributed by atoms with van der Waals surface area (Å²) in [6.07, 6.45) is 0.381. The van der Waals surface area contributed by atoms with Gasteiger partial charge in [-0.15, -0.1) is 0 Å². The van der Waals surface area contributed by atoms with E-state index in [2.05, 4.69) is 21.2 Å². The van der Waals surface area contributed by atoms with E-state index in [1.54, 1.807) is 36.4 Å². The third-order valence-corrected chi connectivity index (χ3v) is 8.49. The van der Waals surface area contributed by atoms with E-state index in [-0.39, 0.29) is 17.3 Å². The molecule has 0 radical (unpaired) electrons. The fourth-order valence-corrected chi connectivity index (χ4v) is 5.87. The van der Waals surface area contributed by atoms with Crippen LogP contribution in [0, 0.1) is 13.8 Å². The maximum Gasteiger partial charge on any atom is 0.264 e. The van der Waals surface area contributed by atoms with Gasteiger partial charge in [0.05, 0.1) is 10.6 Å². The van der Waals surface area contributed by atoms with Crippen molar-refractivity contribution in [3.05, 3.63) is 94.0 Å². The molecule has 0 saturated heterocycles. The van der Waals surface area contributed by atoms with Gasteiger partial charge in [-0.25, -0.2) is 8.42 Å². The third kappa shape index (κ3) is 7.23. The van der Waals surface area contributed by atoms with E-state index in [4.69, 9.17) is 0 Å². The van der Waals surface area contributed by atoms with Crippen molar-refractivity contribution in [1.82, 2.24) is 10.2 Å². The van der Waals surface area contributed by atoms with Gasteiger partial charge in [-0.2, -0.15) is 0 Å². The summed E-state index contributed by atoms with van der Waals surface area (Å²) in [5, 5.41) is 2.81. The van der Waals surface area contributed by atoms with E-state index < -0.39 is 28.5 Å². The molecule has 3 rings (SSSR count). The SMILES string of the molecule is CCNC(=O)C(CC)N(Cc1cccc(C)c1)C(=O)CN(c1ccc(Br)cc1)S(=O)(=O)c1ccc(C)cc1. The van der Waals surface area contributed by atoms with Crippen LogP contribution in [0.4, 0.5) is 5.69 Å². The van der Waals surface area contributed by atoms with E-state index in [0.29, 0.717) is 18.7 Å². The summed E-state index contributed by atoms with van der Waals surface area (Å²) in [6.45, 7) is 7.64. The first-order valence-corrected chi connectivity index (χ1v) is 14.8. The minimum Gasteiger partial charge on any atom is -0.355 e. The highest BCUT2D eigenvalue weighted by Crippen LogP contribution is 2.26. The van der Waals surface area contributed by atoms with E-state index >= 15 is 0 Å². The number of carbonyl (C=O) groups is 2. The zero-order valence-corrected chi connectivity index (χ0v) is 24.6. The van der Waals surface area contributed by atoms with Gasteiger partial charge in [0.1, 0.15) is 12.6 Å². The summed E-state index contributed by atoms with van der Waals surface area (Å²) in [4.78, 5) is 28.5. The first-order valence-electron chi connectivity index (χ1n) is 12.5. The zero-order chi connectivity index (χ0) is 27.9. The van der Waals surface area contributed by atoms with E-state index in [9.17, 15) is 18.0 Å². The summed E-state index contributed by atoms with van der Waals surface area (Å²) in [7, 11) is -4.08. The first kappa shape index (κ1) is 29.4. The molecule has 0 aliphatic carbocycles. The number of anilines is 1. The fourth-order valence-electron chi connectivity index (χ4n) is 4.19. The number of benzene rings is 3. The van der Waals surface area contributed by atoms with Gasteiger partial charge in [-0.3, -0.25) is 13.9 Å². The van der Waals surface area contributed by atoms with Crippen molar-refractivity contribution >= 4 is 43.5 Å². The number of nitrogens with zero attached hydrogens (tertiary/aromatic N) is 2. The molecule has 0 aromatic heterocycles. The number of aryl methyl sites for hydroxylation is 2. The highest BCUT2D eigenvalue weighted by molar-refractivity contribution is 9.10. The molecule has 3 aromatic carbocycles. The first-order chi connectivity index (χ1) is 18.1. The van der Waals surface area contributed by atoms with E-state index in [1.165, 1.54) is 17.0 Å². The normalized spacial score (nSPS) is 12.0. The van der Waals surface area contributed by atoms with Crippen LogP contribution in [-0.2, 0) is 26.2 Å². The van der Waals surface area contributed by atoms with Crippen LogP contribution in [0.1, 0.15) is 37.0 Å². The minimum atomic E-state index is -4.08. The third-order valence-electron chi connectivity index (χ3n) is 6.17. The van der Waals surface area contributed by atoms with E-state index in [1.807, 2.05) is 52.0 Å². The Morgan fingerprint density at radius 1 is 0.921 bits per heavy atom. The summed E-state index contributed by atoms with van der Waals surface area (Å²) >= 11 is 3.39. The van der Waals surface area contributed by atoms with Crippen LogP contribution in [0.5, 0.6) is 0 Å². The second-order valence-electron chi connectivity index (χ2n) is 9.13. The van der Waals surface area contributed by atoms with Crippen LogP contribution in [0.25, 0.3) is 0 Å². The summed E-state index contributed by atoms with van der Waals surface area (Å²) in [5.74, 6) is -0.740. The Hall–Kier alpha value is -3.17. The van der Waals surface area contributed by atoms with Crippen molar-refractivity contribution in [2.24, 2.45) is 0 Å². The van der Waals surface area contributed by atoms with Crippen molar-refractivity contribution in [2.75, 3.05) is 17.4 Å². The number of hydrogen-bond acceptors (Lipinski definition) is 4. The Kier molecular flexibility index (Phi) is 10.1. The summed E-state index contributed by atoms with van der Waals surface area (Å²) in [6, 6.07) is 20.2. The summed E-state index contributed by atoms with van der Waals surface area (Å²) < 4.78 is 29.6. The lowest BCUT2D eigenvalue weighted by molar-refractivity contribution is -0.140. The van der Waals surface area contributed by atoms with Crippen LogP contribution < -0.4 is 9.62 Å². The number of hydrogen-bond donors (Lipinski definition) is 1. The topological polar surface area (TPSA) is 86.8 Å². The molecule has 7 nitrogen and oxygen atoms in total. The van der Waals surface area contributed by atoms with Gasteiger partial charge in [0.25, 0.3) is 10.0 Å². The number of carbonyl (C=O) groups excluding carboxylic acids is 2. The molecule has 0 fully saturated rings. The molecule has 3 aromatic rings. The van der Waals surface area contributed by atoms with Crippen LogP contribution in [0.15, 0.2) is 82.2 Å². The van der Waals surface area contributed by atoms with Crippen LogP contribution in [-0.4, -0.2) is 44.3 Å². The molecular formula is C29H34BrN3O4S. The quantitative estimate of drug-likeness (QED) is 0.328. The molecule has 9 heteroatoms. The largest absolute Gasteiger partial charge is 0.355 e. The fraction of sp³-hybridized carbons (Fsp3) is 0.310. The number of nitrogens with one attached hydrogen (secondary N) is 1. The zero-order valence-electron chi connectivity index (χ0n) is 22.1. The molecule has 2 amide bonds. The maximum atomic E-state index is 14.0. The van der Waals surface area contributed by atoms with Gasteiger partial charge < -0.3 is 10.2 Å². The van der Waals surface area contributed by atoms with Crippen molar-refractivity contribution in [3.8, 4) is 0 Å². The number of sulfonamides is 1. The number of rotatable bonds is 11. The lowest BCUT2D eigenvalue weighted by Crippen LogP contribution is -2.52. The van der Waals surface area contributed by atoms with E-state index in [0.717, 1.165) is 25.5 Å². The molecular weight excluding hydrogens is 566 g/mol. The number of amides is 2. The highest BCUT2D eigenvalue weighted by Gasteiger charge is 2.33. The minimum absolute atomic E-state index is 0.0832. The van der Waals surface area contributed by atoms with Crippen molar-refractivity contribution < 1.29 is 18.0 Å². The summed E-state index contributed by atoms with van der Waals surface area (Å²) in [5.41, 5.74) is 3.16. The molecule has 1 unspecified atom stereocenters. The Bertz CT molecular complexity index is 1360. The van der Waals surface area contributed by atoms with Gasteiger partial charge in [0.2, 0.25) is 11.8 Å². The van der Waals surface area contributed by atoms with Crippen molar-refractivity contribution in [1.29, 1.82) is 0 Å². The van der Waals surface area contributed by atoms with Gasteiger partial charge in [-0.1, -0.05) is 70.4 Å². The smallest absolute Gasteiger partial charge is 0.264 e. The van der Waals surface area contributed by atoms with Crippen LogP contribution >= 0.6 is 15.9 Å². The maximum absolute atomic E-state index is 14.0. The highest BCUT2D eigenvalue weighted by atomic mass is 79.9. The predicted molar refractivity (Wildman–Crippen MR) is 154 cm³/mol. The molecule has 1 atom stereocenters. The number of likely N-dealkylation sites (N-methyl/N-ethyl adjacent to an activating group) is 1. The molecule has 0 aliphatic rings. The Balaban J connectivity index is 2.05. The second kappa shape index (κ2) is 13.1.